The molecular weight excluding hydrogens is 362 g/mol. The average molecular weight is 379 g/mol. The van der Waals surface area contributed by atoms with Crippen molar-refractivity contribution in [3.8, 4) is 5.75 Å². The molecule has 1 aromatic heterocycles. The van der Waals surface area contributed by atoms with Crippen molar-refractivity contribution >= 4 is 38.5 Å². The van der Waals surface area contributed by atoms with Crippen molar-refractivity contribution in [2.75, 3.05) is 0 Å². The first-order chi connectivity index (χ1) is 14.2. The van der Waals surface area contributed by atoms with Crippen LogP contribution in [0.25, 0.3) is 32.6 Å². The topological polar surface area (TPSA) is 48.3 Å². The first kappa shape index (κ1) is 17.2. The van der Waals surface area contributed by atoms with E-state index in [0.29, 0.717) is 27.6 Å². The van der Waals surface area contributed by atoms with Gasteiger partial charge in [0.05, 0.1) is 11.0 Å². The number of carbonyl (C=O) groups excluding carboxylic acids is 1. The molecule has 0 aliphatic heterocycles. The highest BCUT2D eigenvalue weighted by molar-refractivity contribution is 5.95. The Morgan fingerprint density at radius 3 is 1.93 bits per heavy atom. The maximum Gasteiger partial charge on any atom is 0.331 e. The first-order valence-corrected chi connectivity index (χ1v) is 9.41. The van der Waals surface area contributed by atoms with Crippen molar-refractivity contribution in [1.82, 2.24) is 4.57 Å². The molecule has 0 fully saturated rings. The second-order valence-electron chi connectivity index (χ2n) is 6.90. The molecule has 0 spiro atoms. The quantitative estimate of drug-likeness (QED) is 0.254. The molecule has 0 saturated carbocycles. The Balaban J connectivity index is 1.60. The van der Waals surface area contributed by atoms with Gasteiger partial charge in [-0.1, -0.05) is 60.7 Å². The zero-order valence-electron chi connectivity index (χ0n) is 15.5. The van der Waals surface area contributed by atoms with Gasteiger partial charge < -0.3 is 9.30 Å². The number of rotatable bonds is 3. The monoisotopic (exact) mass is 379 g/mol. The van der Waals surface area contributed by atoms with Crippen LogP contribution in [0.2, 0.25) is 0 Å². The molecular formula is C25H17NO3. The van der Waals surface area contributed by atoms with Gasteiger partial charge in [0.25, 0.3) is 0 Å². The summed E-state index contributed by atoms with van der Waals surface area (Å²) in [6, 6.07) is 28.1. The lowest BCUT2D eigenvalue weighted by Crippen LogP contribution is -2.20. The van der Waals surface area contributed by atoms with Crippen LogP contribution in [-0.4, -0.2) is 10.5 Å². The average Bonchev–Trinajstić information content (AvgIpc) is 2.77. The standard InChI is InChI=1S/C25H17NO3/c27-24(29-23-15-7-9-17-8-1-2-10-18(17)23)16-26-21-13-5-3-11-19(21)25(28)20-12-4-6-14-22(20)26/h1-15H,16H2. The summed E-state index contributed by atoms with van der Waals surface area (Å²) in [5.74, 6) is 0.142. The Bertz CT molecular complexity index is 1380. The maximum atomic E-state index is 12.9. The molecule has 0 amide bonds. The third kappa shape index (κ3) is 2.95. The van der Waals surface area contributed by atoms with E-state index in [-0.39, 0.29) is 17.9 Å². The van der Waals surface area contributed by atoms with Crippen molar-refractivity contribution in [3.05, 3.63) is 101 Å². The Morgan fingerprint density at radius 1 is 0.690 bits per heavy atom. The molecule has 0 aliphatic rings. The third-order valence-corrected chi connectivity index (χ3v) is 5.14. The smallest absolute Gasteiger partial charge is 0.331 e. The summed E-state index contributed by atoms with van der Waals surface area (Å²) in [7, 11) is 0. The van der Waals surface area contributed by atoms with E-state index in [1.54, 1.807) is 18.2 Å². The SMILES string of the molecule is O=C(Cn1c2ccccc2c(=O)c2ccccc21)Oc1cccc2ccccc12. The summed E-state index contributed by atoms with van der Waals surface area (Å²) in [6.45, 7) is 0.00449. The van der Waals surface area contributed by atoms with Gasteiger partial charge in [0, 0.05) is 16.2 Å². The van der Waals surface area contributed by atoms with E-state index in [4.69, 9.17) is 4.74 Å². The van der Waals surface area contributed by atoms with Crippen LogP contribution in [-0.2, 0) is 11.3 Å². The molecule has 5 aromatic rings. The molecule has 4 heteroatoms. The molecule has 29 heavy (non-hydrogen) atoms. The molecule has 0 saturated heterocycles. The van der Waals surface area contributed by atoms with Gasteiger partial charge >= 0.3 is 5.97 Å². The minimum absolute atomic E-state index is 0.00449. The highest BCUT2D eigenvalue weighted by atomic mass is 16.5. The normalized spacial score (nSPS) is 11.2. The molecule has 0 radical (unpaired) electrons. The first-order valence-electron chi connectivity index (χ1n) is 9.41. The zero-order valence-corrected chi connectivity index (χ0v) is 15.5. The Hall–Kier alpha value is -3.92. The van der Waals surface area contributed by atoms with E-state index in [2.05, 4.69) is 0 Å². The Labute approximate surface area is 166 Å². The molecule has 4 aromatic carbocycles. The van der Waals surface area contributed by atoms with Crippen molar-refractivity contribution in [2.45, 2.75) is 6.54 Å². The fourth-order valence-corrected chi connectivity index (χ4v) is 3.82. The second-order valence-corrected chi connectivity index (χ2v) is 6.90. The van der Waals surface area contributed by atoms with Gasteiger partial charge in [0.15, 0.2) is 5.43 Å². The van der Waals surface area contributed by atoms with Gasteiger partial charge in [0.1, 0.15) is 12.3 Å². The number of benzene rings is 4. The van der Waals surface area contributed by atoms with Gasteiger partial charge in [0.2, 0.25) is 0 Å². The maximum absolute atomic E-state index is 12.9. The molecule has 140 valence electrons. The molecule has 0 aliphatic carbocycles. The van der Waals surface area contributed by atoms with Crippen molar-refractivity contribution in [2.24, 2.45) is 0 Å². The van der Waals surface area contributed by atoms with Crippen molar-refractivity contribution < 1.29 is 9.53 Å². The fourth-order valence-electron chi connectivity index (χ4n) is 3.82. The number of aromatic nitrogens is 1. The molecule has 0 atom stereocenters. The molecule has 1 heterocycles. The van der Waals surface area contributed by atoms with E-state index in [1.165, 1.54) is 0 Å². The highest BCUT2D eigenvalue weighted by Crippen LogP contribution is 2.26. The Morgan fingerprint density at radius 2 is 1.24 bits per heavy atom. The van der Waals surface area contributed by atoms with E-state index in [1.807, 2.05) is 77.4 Å². The zero-order chi connectivity index (χ0) is 19.8. The van der Waals surface area contributed by atoms with Crippen LogP contribution < -0.4 is 10.2 Å². The van der Waals surface area contributed by atoms with Crippen LogP contribution in [0.4, 0.5) is 0 Å². The molecule has 0 bridgehead atoms. The predicted octanol–water partition coefficient (Wildman–Crippen LogP) is 4.91. The van der Waals surface area contributed by atoms with Crippen LogP contribution in [0.1, 0.15) is 0 Å². The van der Waals surface area contributed by atoms with E-state index in [0.717, 1.165) is 10.8 Å². The van der Waals surface area contributed by atoms with E-state index >= 15 is 0 Å². The van der Waals surface area contributed by atoms with Crippen LogP contribution >= 0.6 is 0 Å². The molecule has 0 unspecified atom stereocenters. The summed E-state index contributed by atoms with van der Waals surface area (Å²) >= 11 is 0. The minimum Gasteiger partial charge on any atom is -0.425 e. The van der Waals surface area contributed by atoms with E-state index in [9.17, 15) is 9.59 Å². The number of nitrogens with zero attached hydrogens (tertiary/aromatic N) is 1. The number of para-hydroxylation sites is 2. The van der Waals surface area contributed by atoms with Crippen LogP contribution in [0.5, 0.6) is 5.75 Å². The summed E-state index contributed by atoms with van der Waals surface area (Å²) < 4.78 is 7.57. The molecule has 4 nitrogen and oxygen atoms in total. The van der Waals surface area contributed by atoms with Crippen LogP contribution in [0, 0.1) is 0 Å². The van der Waals surface area contributed by atoms with Crippen molar-refractivity contribution in [3.63, 3.8) is 0 Å². The Kier molecular flexibility index (Phi) is 4.10. The summed E-state index contributed by atoms with van der Waals surface area (Å²) in [5, 5.41) is 3.07. The van der Waals surface area contributed by atoms with E-state index < -0.39 is 0 Å². The largest absolute Gasteiger partial charge is 0.425 e. The lowest BCUT2D eigenvalue weighted by Gasteiger charge is -2.15. The van der Waals surface area contributed by atoms with Gasteiger partial charge in [-0.15, -0.1) is 0 Å². The van der Waals surface area contributed by atoms with Gasteiger partial charge in [-0.3, -0.25) is 4.79 Å². The molecule has 5 rings (SSSR count). The van der Waals surface area contributed by atoms with Crippen molar-refractivity contribution in [1.29, 1.82) is 0 Å². The summed E-state index contributed by atoms with van der Waals surface area (Å²) in [4.78, 5) is 25.7. The van der Waals surface area contributed by atoms with Gasteiger partial charge in [-0.05, 0) is 35.7 Å². The highest BCUT2D eigenvalue weighted by Gasteiger charge is 2.14. The lowest BCUT2D eigenvalue weighted by molar-refractivity contribution is -0.134. The predicted molar refractivity (Wildman–Crippen MR) is 115 cm³/mol. The second kappa shape index (κ2) is 6.91. The number of hydrogen-bond donors (Lipinski definition) is 0. The number of hydrogen-bond acceptors (Lipinski definition) is 3. The summed E-state index contributed by atoms with van der Waals surface area (Å²) in [6.07, 6.45) is 0. The number of ether oxygens (including phenoxy) is 1. The third-order valence-electron chi connectivity index (χ3n) is 5.14. The van der Waals surface area contributed by atoms with Gasteiger partial charge in [-0.2, -0.15) is 0 Å². The van der Waals surface area contributed by atoms with Crippen LogP contribution in [0.3, 0.4) is 0 Å². The fraction of sp³-hybridized carbons (Fsp3) is 0.0400. The summed E-state index contributed by atoms with van der Waals surface area (Å²) in [5.41, 5.74) is 1.40. The number of fused-ring (bicyclic) bond motifs is 3. The number of pyridine rings is 1. The van der Waals surface area contributed by atoms with Crippen LogP contribution in [0.15, 0.2) is 95.8 Å². The molecule has 0 N–H and O–H groups in total. The number of esters is 1. The number of carbonyl (C=O) groups is 1. The lowest BCUT2D eigenvalue weighted by atomic mass is 10.1. The minimum atomic E-state index is -0.389. The van der Waals surface area contributed by atoms with Gasteiger partial charge in [-0.25, -0.2) is 4.79 Å².